The molecule has 2 aliphatic heterocycles. The van der Waals surface area contributed by atoms with Gasteiger partial charge in [0.1, 0.15) is 11.9 Å². The monoisotopic (exact) mass is 523 g/mol. The topological polar surface area (TPSA) is 127 Å². The van der Waals surface area contributed by atoms with E-state index in [9.17, 15) is 29.1 Å². The van der Waals surface area contributed by atoms with Crippen LogP contribution in [-0.4, -0.2) is 47.4 Å². The largest absolute Gasteiger partial charge is 0.507 e. The van der Waals surface area contributed by atoms with E-state index in [4.69, 9.17) is 4.74 Å². The maximum atomic E-state index is 13.5. The van der Waals surface area contributed by atoms with Gasteiger partial charge < -0.3 is 15.2 Å². The fraction of sp³-hybridized carbons (Fsp3) is 0.500. The molecule has 4 rings (SSSR count). The number of fused-ring (bicyclic) bond motifs is 11. The van der Waals surface area contributed by atoms with Gasteiger partial charge in [-0.2, -0.15) is 0 Å². The van der Waals surface area contributed by atoms with Crippen molar-refractivity contribution in [3.63, 3.8) is 0 Å². The maximum absolute atomic E-state index is 13.5. The van der Waals surface area contributed by atoms with E-state index >= 15 is 0 Å². The summed E-state index contributed by atoms with van der Waals surface area (Å²) in [5, 5.41) is 13.2. The van der Waals surface area contributed by atoms with Crippen LogP contribution >= 0.6 is 0 Å². The average Bonchev–Trinajstić information content (AvgIpc) is 2.89. The van der Waals surface area contributed by atoms with Crippen molar-refractivity contribution in [1.82, 2.24) is 5.32 Å². The van der Waals surface area contributed by atoms with Crippen LogP contribution in [0, 0.1) is 11.8 Å². The van der Waals surface area contributed by atoms with E-state index in [2.05, 4.69) is 5.32 Å². The Morgan fingerprint density at radius 3 is 2.39 bits per heavy atom. The molecule has 0 unspecified atom stereocenters. The molecule has 38 heavy (non-hydrogen) atoms. The molecular formula is C30H37NO7. The minimum absolute atomic E-state index is 0.0306. The molecule has 3 atom stereocenters. The molecule has 0 saturated carbocycles. The van der Waals surface area contributed by atoms with E-state index in [1.807, 2.05) is 13.8 Å². The number of methoxy groups -OCH3 is 1. The van der Waals surface area contributed by atoms with Crippen LogP contribution in [0.5, 0.6) is 5.75 Å². The summed E-state index contributed by atoms with van der Waals surface area (Å²) < 4.78 is 5.47. The number of ketones is 4. The van der Waals surface area contributed by atoms with Crippen LogP contribution in [0.15, 0.2) is 35.6 Å². The van der Waals surface area contributed by atoms with Gasteiger partial charge in [-0.15, -0.1) is 0 Å². The van der Waals surface area contributed by atoms with Crippen LogP contribution in [0.2, 0.25) is 0 Å². The molecule has 0 aromatic heterocycles. The number of hydrogen-bond acceptors (Lipinski definition) is 7. The van der Waals surface area contributed by atoms with Crippen LogP contribution in [0.25, 0.3) is 0 Å². The molecule has 0 saturated heterocycles. The Morgan fingerprint density at radius 1 is 1.00 bits per heavy atom. The lowest BCUT2D eigenvalue weighted by molar-refractivity contribution is -0.125. The molecule has 1 aromatic rings. The van der Waals surface area contributed by atoms with Crippen molar-refractivity contribution < 1.29 is 33.8 Å². The molecule has 1 aromatic carbocycles. The molecule has 2 heterocycles. The van der Waals surface area contributed by atoms with Crippen molar-refractivity contribution in [2.75, 3.05) is 7.11 Å². The van der Waals surface area contributed by atoms with E-state index in [0.29, 0.717) is 37.7 Å². The highest BCUT2D eigenvalue weighted by molar-refractivity contribution is 6.28. The fourth-order valence-electron chi connectivity index (χ4n) is 5.19. The lowest BCUT2D eigenvalue weighted by atomic mass is 9.82. The molecule has 3 aliphatic rings. The summed E-state index contributed by atoms with van der Waals surface area (Å²) in [7, 11) is 1.46. The van der Waals surface area contributed by atoms with E-state index in [1.54, 1.807) is 13.0 Å². The number of amides is 1. The number of rotatable bonds is 6. The summed E-state index contributed by atoms with van der Waals surface area (Å²) in [5.41, 5.74) is -0.147. The van der Waals surface area contributed by atoms with E-state index in [1.165, 1.54) is 19.2 Å². The summed E-state index contributed by atoms with van der Waals surface area (Å²) in [6, 6.07) is 2.54. The molecule has 1 amide bonds. The number of phenols is 1. The molecule has 0 radical (unpaired) electrons. The summed E-state index contributed by atoms with van der Waals surface area (Å²) in [4.78, 5) is 66.6. The van der Waals surface area contributed by atoms with Crippen molar-refractivity contribution in [3.05, 3.63) is 52.2 Å². The number of hydrogen-bond donors (Lipinski definition) is 2. The van der Waals surface area contributed by atoms with Crippen LogP contribution < -0.4 is 5.32 Å². The molecule has 204 valence electrons. The molecule has 0 spiro atoms. The Kier molecular flexibility index (Phi) is 9.91. The average molecular weight is 524 g/mol. The highest BCUT2D eigenvalue weighted by atomic mass is 16.5. The first-order valence-corrected chi connectivity index (χ1v) is 13.4. The third-order valence-electron chi connectivity index (χ3n) is 7.45. The lowest BCUT2D eigenvalue weighted by Crippen LogP contribution is -2.36. The Balaban J connectivity index is 2.12. The van der Waals surface area contributed by atoms with Gasteiger partial charge in [0.15, 0.2) is 17.3 Å². The summed E-state index contributed by atoms with van der Waals surface area (Å²) in [6.45, 7) is 5.53. The van der Waals surface area contributed by atoms with Gasteiger partial charge in [0.25, 0.3) is 0 Å². The van der Waals surface area contributed by atoms with Gasteiger partial charge in [0, 0.05) is 30.2 Å². The number of benzene rings is 1. The van der Waals surface area contributed by atoms with Gasteiger partial charge in [-0.05, 0) is 56.7 Å². The first-order valence-electron chi connectivity index (χ1n) is 13.4. The van der Waals surface area contributed by atoms with Crippen molar-refractivity contribution in [3.8, 4) is 5.75 Å². The van der Waals surface area contributed by atoms with Gasteiger partial charge in [-0.25, -0.2) is 0 Å². The zero-order chi connectivity index (χ0) is 28.0. The number of Topliss-reactive ketones (excluding diaryl/α,β-unsaturated/α-hetero) is 3. The van der Waals surface area contributed by atoms with Crippen LogP contribution in [0.3, 0.4) is 0 Å². The van der Waals surface area contributed by atoms with Crippen molar-refractivity contribution in [1.29, 1.82) is 0 Å². The van der Waals surface area contributed by atoms with E-state index in [-0.39, 0.29) is 33.9 Å². The highest BCUT2D eigenvalue weighted by Gasteiger charge is 2.35. The second kappa shape index (κ2) is 12.9. The van der Waals surface area contributed by atoms with Crippen molar-refractivity contribution in [2.24, 2.45) is 11.8 Å². The van der Waals surface area contributed by atoms with Crippen LogP contribution in [0.1, 0.15) is 103 Å². The highest BCUT2D eigenvalue weighted by Crippen LogP contribution is 2.34. The number of carbonyl (C=O) groups excluding carboxylic acids is 5. The predicted molar refractivity (Wildman–Crippen MR) is 142 cm³/mol. The van der Waals surface area contributed by atoms with E-state index in [0.717, 1.165) is 25.3 Å². The second-order valence-electron chi connectivity index (χ2n) is 10.1. The van der Waals surface area contributed by atoms with Gasteiger partial charge in [-0.3, -0.25) is 24.0 Å². The van der Waals surface area contributed by atoms with Crippen molar-refractivity contribution in [2.45, 2.75) is 78.2 Å². The SMILES string of the molecule is CCCCC[C@H]1/C=C(/C)C(=O)[C@@H](OC)CCC[C@@H](CC)C(=O)c2c(O)ccc3c2C(=O)C=C(NC1=O)C3=O. The molecule has 2 N–H and O–H groups in total. The first-order chi connectivity index (χ1) is 18.1. The Hall–Kier alpha value is -3.39. The van der Waals surface area contributed by atoms with Gasteiger partial charge in [0.05, 0.1) is 17.2 Å². The molecule has 8 heteroatoms. The summed E-state index contributed by atoms with van der Waals surface area (Å²) in [5.74, 6) is -3.98. The number of phenolic OH excluding ortho intramolecular Hbond substituents is 1. The van der Waals surface area contributed by atoms with Crippen molar-refractivity contribution >= 4 is 29.0 Å². The maximum Gasteiger partial charge on any atom is 0.231 e. The van der Waals surface area contributed by atoms with Crippen LogP contribution in [-0.2, 0) is 14.3 Å². The Bertz CT molecular complexity index is 1190. The summed E-state index contributed by atoms with van der Waals surface area (Å²) in [6.07, 6.45) is 6.71. The van der Waals surface area contributed by atoms with Gasteiger partial charge in [-0.1, -0.05) is 39.2 Å². The zero-order valence-electron chi connectivity index (χ0n) is 22.6. The number of unbranched alkanes of at least 4 members (excludes halogenated alkanes) is 2. The number of carbonyl (C=O) groups is 5. The number of nitrogens with one attached hydrogen (secondary N) is 1. The molecule has 4 bridgehead atoms. The van der Waals surface area contributed by atoms with Gasteiger partial charge in [0.2, 0.25) is 11.7 Å². The minimum atomic E-state index is -0.726. The molecular weight excluding hydrogens is 486 g/mol. The third-order valence-corrected chi connectivity index (χ3v) is 7.45. The smallest absolute Gasteiger partial charge is 0.231 e. The number of ether oxygens (including phenoxy) is 1. The number of aromatic hydroxyl groups is 1. The second-order valence-corrected chi connectivity index (χ2v) is 10.1. The standard InChI is InChI=1S/C30H37NO7/c1-5-7-8-10-19-15-17(3)27(34)24(38-4)12-9-11-18(6-2)28(35)26-22(32)14-13-20-25(26)23(33)16-21(29(20)36)31-30(19)37/h13-16,18-19,24,32H,5-12H2,1-4H3,(H,31,37)/b17-15-/t18-,19+,24+/m1/s1. The van der Waals surface area contributed by atoms with E-state index < -0.39 is 41.2 Å². The fourth-order valence-corrected chi connectivity index (χ4v) is 5.19. The molecule has 1 aliphatic carbocycles. The van der Waals surface area contributed by atoms with Gasteiger partial charge >= 0.3 is 0 Å². The third kappa shape index (κ3) is 6.18. The molecule has 8 nitrogen and oxygen atoms in total. The Morgan fingerprint density at radius 2 is 1.74 bits per heavy atom. The predicted octanol–water partition coefficient (Wildman–Crippen LogP) is 4.89. The Labute approximate surface area is 223 Å². The number of allylic oxidation sites excluding steroid dienone is 2. The zero-order valence-corrected chi connectivity index (χ0v) is 22.6. The molecule has 0 fully saturated rings. The first kappa shape index (κ1) is 29.2. The minimum Gasteiger partial charge on any atom is -0.507 e. The van der Waals surface area contributed by atoms with Crippen LogP contribution in [0.4, 0.5) is 0 Å². The summed E-state index contributed by atoms with van der Waals surface area (Å²) >= 11 is 0. The quantitative estimate of drug-likeness (QED) is 0.508. The lowest BCUT2D eigenvalue weighted by Gasteiger charge is -2.22. The normalized spacial score (nSPS) is 24.5.